The average Bonchev–Trinajstić information content (AvgIpc) is 2.54. The first kappa shape index (κ1) is 17.9. The number of benzene rings is 1. The van der Waals surface area contributed by atoms with Crippen molar-refractivity contribution >= 4 is 17.6 Å². The van der Waals surface area contributed by atoms with Gasteiger partial charge < -0.3 is 20.1 Å². The van der Waals surface area contributed by atoms with Gasteiger partial charge in [-0.25, -0.2) is 4.79 Å². The summed E-state index contributed by atoms with van der Waals surface area (Å²) >= 11 is 5.98. The van der Waals surface area contributed by atoms with Crippen LogP contribution in [0.15, 0.2) is 18.2 Å². The van der Waals surface area contributed by atoms with Crippen molar-refractivity contribution in [2.75, 3.05) is 19.7 Å². The van der Waals surface area contributed by atoms with Crippen molar-refractivity contribution in [2.24, 2.45) is 5.92 Å². The van der Waals surface area contributed by atoms with E-state index in [1.54, 1.807) is 24.0 Å². The molecule has 0 saturated carbocycles. The molecule has 5 nitrogen and oxygen atoms in total. The van der Waals surface area contributed by atoms with Crippen LogP contribution in [0.1, 0.15) is 32.3 Å². The molecule has 0 aromatic heterocycles. The second-order valence-electron chi connectivity index (χ2n) is 5.93. The molecule has 2 rings (SSSR count). The Morgan fingerprint density at radius 1 is 1.57 bits per heavy atom. The van der Waals surface area contributed by atoms with Crippen LogP contribution < -0.4 is 10.1 Å². The maximum absolute atomic E-state index is 12.3. The molecule has 1 fully saturated rings. The maximum Gasteiger partial charge on any atom is 0.317 e. The van der Waals surface area contributed by atoms with Gasteiger partial charge in [0.25, 0.3) is 0 Å². The number of rotatable bonds is 5. The van der Waals surface area contributed by atoms with E-state index in [4.69, 9.17) is 16.3 Å². The van der Waals surface area contributed by atoms with Gasteiger partial charge in [-0.15, -0.1) is 0 Å². The van der Waals surface area contributed by atoms with Crippen LogP contribution >= 0.6 is 11.6 Å². The van der Waals surface area contributed by atoms with Gasteiger partial charge in [0.2, 0.25) is 0 Å². The fraction of sp³-hybridized carbons (Fsp3) is 0.588. The van der Waals surface area contributed by atoms with Crippen LogP contribution in [0.2, 0.25) is 5.02 Å². The van der Waals surface area contributed by atoms with E-state index in [1.165, 1.54) is 0 Å². The third-order valence-corrected chi connectivity index (χ3v) is 4.42. The van der Waals surface area contributed by atoms with Crippen molar-refractivity contribution in [3.05, 3.63) is 28.8 Å². The molecule has 0 radical (unpaired) electrons. The summed E-state index contributed by atoms with van der Waals surface area (Å²) in [6.45, 7) is 5.96. The average molecular weight is 341 g/mol. The molecule has 0 spiro atoms. The zero-order valence-corrected chi connectivity index (χ0v) is 14.5. The van der Waals surface area contributed by atoms with Crippen LogP contribution in [0.25, 0.3) is 0 Å². The lowest BCUT2D eigenvalue weighted by Gasteiger charge is -2.34. The molecule has 1 aliphatic rings. The van der Waals surface area contributed by atoms with E-state index in [2.05, 4.69) is 5.32 Å². The van der Waals surface area contributed by atoms with Gasteiger partial charge in [-0.3, -0.25) is 0 Å². The molecule has 0 bridgehead atoms. The van der Waals surface area contributed by atoms with Crippen molar-refractivity contribution < 1.29 is 14.6 Å². The zero-order chi connectivity index (χ0) is 16.8. The van der Waals surface area contributed by atoms with E-state index in [9.17, 15) is 9.90 Å². The largest absolute Gasteiger partial charge is 0.493 e. The van der Waals surface area contributed by atoms with Crippen LogP contribution in [-0.2, 0) is 6.54 Å². The Hall–Kier alpha value is -1.46. The molecule has 23 heavy (non-hydrogen) atoms. The van der Waals surface area contributed by atoms with Crippen LogP contribution in [0, 0.1) is 5.92 Å². The number of likely N-dealkylation sites (tertiary alicyclic amines) is 1. The fourth-order valence-electron chi connectivity index (χ4n) is 2.84. The summed E-state index contributed by atoms with van der Waals surface area (Å²) in [4.78, 5) is 14.1. The molecule has 6 heteroatoms. The third kappa shape index (κ3) is 5.01. The summed E-state index contributed by atoms with van der Waals surface area (Å²) in [5.41, 5.74) is 0.897. The smallest absolute Gasteiger partial charge is 0.317 e. The van der Waals surface area contributed by atoms with Gasteiger partial charge in [0.15, 0.2) is 0 Å². The van der Waals surface area contributed by atoms with Crippen molar-refractivity contribution in [3.63, 3.8) is 0 Å². The van der Waals surface area contributed by atoms with Gasteiger partial charge in [0, 0.05) is 36.1 Å². The first-order valence-corrected chi connectivity index (χ1v) is 8.51. The highest BCUT2D eigenvalue weighted by Crippen LogP contribution is 2.24. The second-order valence-corrected chi connectivity index (χ2v) is 6.37. The predicted octanol–water partition coefficient (Wildman–Crippen LogP) is 3.04. The van der Waals surface area contributed by atoms with E-state index >= 15 is 0 Å². The summed E-state index contributed by atoms with van der Waals surface area (Å²) in [6, 6.07) is 5.31. The monoisotopic (exact) mass is 340 g/mol. The number of carbonyl (C=O) groups excluding carboxylic acids is 1. The number of piperidine rings is 1. The van der Waals surface area contributed by atoms with Gasteiger partial charge in [0.1, 0.15) is 5.75 Å². The highest BCUT2D eigenvalue weighted by Gasteiger charge is 2.26. The van der Waals surface area contributed by atoms with Crippen LogP contribution in [-0.4, -0.2) is 41.8 Å². The van der Waals surface area contributed by atoms with Crippen molar-refractivity contribution in [2.45, 2.75) is 39.3 Å². The molecule has 1 aromatic carbocycles. The SMILES string of the molecule is CCOc1cc(Cl)ccc1CNC(=O)N1CCCC(C(C)O)C1. The Balaban J connectivity index is 1.94. The molecular weight excluding hydrogens is 316 g/mol. The number of hydrogen-bond donors (Lipinski definition) is 2. The first-order valence-electron chi connectivity index (χ1n) is 8.13. The molecule has 1 heterocycles. The van der Waals surface area contributed by atoms with E-state index in [0.29, 0.717) is 30.5 Å². The maximum atomic E-state index is 12.3. The van der Waals surface area contributed by atoms with Gasteiger partial charge in [-0.2, -0.15) is 0 Å². The van der Waals surface area contributed by atoms with Gasteiger partial charge >= 0.3 is 6.03 Å². The lowest BCUT2D eigenvalue weighted by molar-refractivity contribution is 0.0738. The summed E-state index contributed by atoms with van der Waals surface area (Å²) in [5.74, 6) is 0.852. The molecule has 1 saturated heterocycles. The van der Waals surface area contributed by atoms with E-state index in [-0.39, 0.29) is 18.1 Å². The van der Waals surface area contributed by atoms with Crippen LogP contribution in [0.3, 0.4) is 0 Å². The molecule has 1 aliphatic heterocycles. The van der Waals surface area contributed by atoms with Gasteiger partial charge in [-0.05, 0) is 38.8 Å². The summed E-state index contributed by atoms with van der Waals surface area (Å²) in [6.07, 6.45) is 1.51. The molecule has 2 amide bonds. The third-order valence-electron chi connectivity index (χ3n) is 4.19. The molecule has 2 unspecified atom stereocenters. The van der Waals surface area contributed by atoms with E-state index in [0.717, 1.165) is 24.9 Å². The second kappa shape index (κ2) is 8.41. The molecule has 2 N–H and O–H groups in total. The van der Waals surface area contributed by atoms with Crippen LogP contribution in [0.4, 0.5) is 4.79 Å². The molecule has 1 aromatic rings. The predicted molar refractivity (Wildman–Crippen MR) is 90.8 cm³/mol. The number of hydrogen-bond acceptors (Lipinski definition) is 3. The van der Waals surface area contributed by atoms with E-state index in [1.807, 2.05) is 13.0 Å². The lowest BCUT2D eigenvalue weighted by atomic mass is 9.94. The fourth-order valence-corrected chi connectivity index (χ4v) is 3.00. The highest BCUT2D eigenvalue weighted by molar-refractivity contribution is 6.30. The minimum atomic E-state index is -0.383. The number of carbonyl (C=O) groups is 1. The number of aliphatic hydroxyl groups excluding tert-OH is 1. The minimum absolute atomic E-state index is 0.104. The van der Waals surface area contributed by atoms with Crippen molar-refractivity contribution in [1.29, 1.82) is 0 Å². The topological polar surface area (TPSA) is 61.8 Å². The number of ether oxygens (including phenoxy) is 1. The van der Waals surface area contributed by atoms with Crippen molar-refractivity contribution in [3.8, 4) is 5.75 Å². The molecular formula is C17H25ClN2O3. The van der Waals surface area contributed by atoms with E-state index < -0.39 is 0 Å². The number of aliphatic hydroxyl groups is 1. The summed E-state index contributed by atoms with van der Waals surface area (Å²) in [7, 11) is 0. The quantitative estimate of drug-likeness (QED) is 0.866. The highest BCUT2D eigenvalue weighted by atomic mass is 35.5. The Morgan fingerprint density at radius 3 is 3.04 bits per heavy atom. The molecule has 128 valence electrons. The number of urea groups is 1. The number of nitrogens with zero attached hydrogens (tertiary/aromatic N) is 1. The lowest BCUT2D eigenvalue weighted by Crippen LogP contribution is -2.47. The summed E-state index contributed by atoms with van der Waals surface area (Å²) < 4.78 is 5.56. The van der Waals surface area contributed by atoms with Gasteiger partial charge in [0.05, 0.1) is 12.7 Å². The Bertz CT molecular complexity index is 537. The molecule has 0 aliphatic carbocycles. The Morgan fingerprint density at radius 2 is 2.35 bits per heavy atom. The number of nitrogens with one attached hydrogen (secondary N) is 1. The normalized spacial score (nSPS) is 19.3. The molecule has 2 atom stereocenters. The minimum Gasteiger partial charge on any atom is -0.493 e. The first-order chi connectivity index (χ1) is 11.0. The zero-order valence-electron chi connectivity index (χ0n) is 13.7. The summed E-state index contributed by atoms with van der Waals surface area (Å²) in [5, 5.41) is 13.3. The van der Waals surface area contributed by atoms with Gasteiger partial charge in [-0.1, -0.05) is 17.7 Å². The Kier molecular flexibility index (Phi) is 6.54. The standard InChI is InChI=1S/C17H25ClN2O3/c1-3-23-16-9-15(18)7-6-13(16)10-19-17(22)20-8-4-5-14(11-20)12(2)21/h6-7,9,12,14,21H,3-5,8,10-11H2,1-2H3,(H,19,22). The van der Waals surface area contributed by atoms with Crippen LogP contribution in [0.5, 0.6) is 5.75 Å². The number of amides is 2. The number of halogens is 1. The van der Waals surface area contributed by atoms with Crippen molar-refractivity contribution in [1.82, 2.24) is 10.2 Å². The Labute approximate surface area is 142 Å².